The van der Waals surface area contributed by atoms with Gasteiger partial charge in [0, 0.05) is 18.7 Å². The molecule has 1 aromatic rings. The molecule has 5 heteroatoms. The number of piperidine rings is 1. The summed E-state index contributed by atoms with van der Waals surface area (Å²) in [6, 6.07) is -0.0602. The van der Waals surface area contributed by atoms with E-state index in [1.807, 2.05) is 25.7 Å². The van der Waals surface area contributed by atoms with E-state index in [0.717, 1.165) is 36.5 Å². The Labute approximate surface area is 114 Å². The zero-order valence-electron chi connectivity index (χ0n) is 12.2. The van der Waals surface area contributed by atoms with Gasteiger partial charge in [0.2, 0.25) is 0 Å². The SMILES string of the molecule is Cc1noc(C)c1C(C)NC(=O)N1CCCC(C)C1. The number of hydrogen-bond donors (Lipinski definition) is 1. The standard InChI is InChI=1S/C14H23N3O2/c1-9-6-5-7-17(8-9)14(18)15-10(2)13-11(3)16-19-12(13)4/h9-10H,5-8H2,1-4H3,(H,15,18). The fourth-order valence-electron chi connectivity index (χ4n) is 2.83. The Morgan fingerprint density at radius 3 is 2.84 bits per heavy atom. The van der Waals surface area contributed by atoms with Crippen molar-refractivity contribution in [1.82, 2.24) is 15.4 Å². The minimum atomic E-state index is -0.0732. The molecule has 2 atom stereocenters. The van der Waals surface area contributed by atoms with E-state index in [1.165, 1.54) is 6.42 Å². The average molecular weight is 265 g/mol. The van der Waals surface area contributed by atoms with E-state index in [4.69, 9.17) is 4.52 Å². The van der Waals surface area contributed by atoms with Crippen LogP contribution in [0, 0.1) is 19.8 Å². The number of aromatic nitrogens is 1. The average Bonchev–Trinajstić information content (AvgIpc) is 2.69. The third kappa shape index (κ3) is 3.08. The summed E-state index contributed by atoms with van der Waals surface area (Å²) in [5.41, 5.74) is 1.83. The van der Waals surface area contributed by atoms with Crippen LogP contribution in [0.4, 0.5) is 4.79 Å². The van der Waals surface area contributed by atoms with Gasteiger partial charge >= 0.3 is 6.03 Å². The maximum Gasteiger partial charge on any atom is 0.317 e. The van der Waals surface area contributed by atoms with Gasteiger partial charge in [0.1, 0.15) is 5.76 Å². The zero-order valence-corrected chi connectivity index (χ0v) is 12.2. The molecule has 1 saturated heterocycles. The number of carbonyl (C=O) groups excluding carboxylic acids is 1. The monoisotopic (exact) mass is 265 g/mol. The third-order valence-electron chi connectivity index (χ3n) is 3.81. The highest BCUT2D eigenvalue weighted by Crippen LogP contribution is 2.22. The molecule has 1 aromatic heterocycles. The van der Waals surface area contributed by atoms with E-state index in [9.17, 15) is 4.79 Å². The molecular formula is C14H23N3O2. The summed E-state index contributed by atoms with van der Waals surface area (Å²) in [4.78, 5) is 14.1. The molecule has 0 aromatic carbocycles. The van der Waals surface area contributed by atoms with Crippen LogP contribution in [0.25, 0.3) is 0 Å². The topological polar surface area (TPSA) is 58.4 Å². The molecule has 1 fully saturated rings. The number of amides is 2. The Morgan fingerprint density at radius 1 is 1.53 bits per heavy atom. The molecule has 0 bridgehead atoms. The minimum Gasteiger partial charge on any atom is -0.361 e. The van der Waals surface area contributed by atoms with E-state index in [1.54, 1.807) is 0 Å². The molecule has 2 unspecified atom stereocenters. The minimum absolute atomic E-state index is 0.0130. The number of carbonyl (C=O) groups is 1. The van der Waals surface area contributed by atoms with Gasteiger partial charge < -0.3 is 14.7 Å². The third-order valence-corrected chi connectivity index (χ3v) is 3.81. The molecule has 0 radical (unpaired) electrons. The van der Waals surface area contributed by atoms with Crippen LogP contribution in [0.1, 0.15) is 49.7 Å². The Kier molecular flexibility index (Phi) is 4.12. The van der Waals surface area contributed by atoms with Crippen molar-refractivity contribution in [1.29, 1.82) is 0 Å². The van der Waals surface area contributed by atoms with Gasteiger partial charge in [0.25, 0.3) is 0 Å². The summed E-state index contributed by atoms with van der Waals surface area (Å²) in [5, 5.41) is 6.97. The molecule has 1 aliphatic rings. The van der Waals surface area contributed by atoms with Crippen molar-refractivity contribution in [2.75, 3.05) is 13.1 Å². The van der Waals surface area contributed by atoms with Crippen LogP contribution in [-0.4, -0.2) is 29.2 Å². The second kappa shape index (κ2) is 5.63. The van der Waals surface area contributed by atoms with Gasteiger partial charge in [0.05, 0.1) is 11.7 Å². The van der Waals surface area contributed by atoms with Gasteiger partial charge in [-0.3, -0.25) is 0 Å². The Balaban J connectivity index is 1.99. The molecule has 1 N–H and O–H groups in total. The van der Waals surface area contributed by atoms with Gasteiger partial charge in [-0.25, -0.2) is 4.79 Å². The molecule has 2 heterocycles. The van der Waals surface area contributed by atoms with E-state index in [-0.39, 0.29) is 12.1 Å². The van der Waals surface area contributed by atoms with Crippen molar-refractivity contribution < 1.29 is 9.32 Å². The molecule has 0 saturated carbocycles. The van der Waals surface area contributed by atoms with Crippen molar-refractivity contribution >= 4 is 6.03 Å². The molecule has 19 heavy (non-hydrogen) atoms. The van der Waals surface area contributed by atoms with Crippen LogP contribution >= 0.6 is 0 Å². The van der Waals surface area contributed by atoms with Crippen LogP contribution in [0.2, 0.25) is 0 Å². The quantitative estimate of drug-likeness (QED) is 0.894. The lowest BCUT2D eigenvalue weighted by molar-refractivity contribution is 0.167. The lowest BCUT2D eigenvalue weighted by Crippen LogP contribution is -2.45. The molecule has 0 spiro atoms. The van der Waals surface area contributed by atoms with Crippen LogP contribution in [-0.2, 0) is 0 Å². The van der Waals surface area contributed by atoms with Crippen molar-refractivity contribution in [3.63, 3.8) is 0 Å². The van der Waals surface area contributed by atoms with E-state index >= 15 is 0 Å². The van der Waals surface area contributed by atoms with Crippen molar-refractivity contribution in [3.8, 4) is 0 Å². The summed E-state index contributed by atoms with van der Waals surface area (Å²) in [7, 11) is 0. The first-order valence-corrected chi connectivity index (χ1v) is 6.97. The first-order chi connectivity index (χ1) is 8.99. The highest BCUT2D eigenvalue weighted by Gasteiger charge is 2.24. The normalized spacial score (nSPS) is 21.3. The second-order valence-electron chi connectivity index (χ2n) is 5.60. The highest BCUT2D eigenvalue weighted by atomic mass is 16.5. The van der Waals surface area contributed by atoms with Crippen LogP contribution in [0.5, 0.6) is 0 Å². The maximum atomic E-state index is 12.2. The first-order valence-electron chi connectivity index (χ1n) is 6.97. The van der Waals surface area contributed by atoms with Gasteiger partial charge in [-0.05, 0) is 39.5 Å². The number of nitrogens with one attached hydrogen (secondary N) is 1. The van der Waals surface area contributed by atoms with Gasteiger partial charge in [0.15, 0.2) is 0 Å². The summed E-state index contributed by atoms with van der Waals surface area (Å²) in [6.45, 7) is 9.64. The molecular weight excluding hydrogens is 242 g/mol. The lowest BCUT2D eigenvalue weighted by atomic mass is 10.0. The molecule has 2 amide bonds. The summed E-state index contributed by atoms with van der Waals surface area (Å²) < 4.78 is 5.15. The molecule has 106 valence electrons. The Bertz CT molecular complexity index is 436. The van der Waals surface area contributed by atoms with E-state index in [2.05, 4.69) is 17.4 Å². The molecule has 5 nitrogen and oxygen atoms in total. The summed E-state index contributed by atoms with van der Waals surface area (Å²) in [5.74, 6) is 1.37. The predicted octanol–water partition coefficient (Wildman–Crippen LogP) is 2.79. The fraction of sp³-hybridized carbons (Fsp3) is 0.714. The van der Waals surface area contributed by atoms with Crippen molar-refractivity contribution in [2.24, 2.45) is 5.92 Å². The lowest BCUT2D eigenvalue weighted by Gasteiger charge is -2.32. The van der Waals surface area contributed by atoms with Gasteiger partial charge in [-0.15, -0.1) is 0 Å². The molecule has 2 rings (SSSR count). The first kappa shape index (κ1) is 13.9. The van der Waals surface area contributed by atoms with E-state index < -0.39 is 0 Å². The number of likely N-dealkylation sites (tertiary alicyclic amines) is 1. The van der Waals surface area contributed by atoms with E-state index in [0.29, 0.717) is 5.92 Å². The number of aryl methyl sites for hydroxylation is 2. The predicted molar refractivity (Wildman–Crippen MR) is 72.9 cm³/mol. The van der Waals surface area contributed by atoms with Crippen LogP contribution < -0.4 is 5.32 Å². The summed E-state index contributed by atoms with van der Waals surface area (Å²) >= 11 is 0. The summed E-state index contributed by atoms with van der Waals surface area (Å²) in [6.07, 6.45) is 2.30. The van der Waals surface area contributed by atoms with Crippen molar-refractivity contribution in [2.45, 2.75) is 46.6 Å². The van der Waals surface area contributed by atoms with Crippen LogP contribution in [0.15, 0.2) is 4.52 Å². The Morgan fingerprint density at radius 2 is 2.26 bits per heavy atom. The largest absolute Gasteiger partial charge is 0.361 e. The zero-order chi connectivity index (χ0) is 14.0. The van der Waals surface area contributed by atoms with Crippen molar-refractivity contribution in [3.05, 3.63) is 17.0 Å². The number of rotatable bonds is 2. The molecule has 0 aliphatic carbocycles. The number of hydrogen-bond acceptors (Lipinski definition) is 3. The van der Waals surface area contributed by atoms with Crippen LogP contribution in [0.3, 0.4) is 0 Å². The number of nitrogens with zero attached hydrogens (tertiary/aromatic N) is 2. The second-order valence-corrected chi connectivity index (χ2v) is 5.60. The maximum absolute atomic E-state index is 12.2. The fourth-order valence-corrected chi connectivity index (χ4v) is 2.83. The molecule has 1 aliphatic heterocycles. The Hall–Kier alpha value is -1.52. The smallest absolute Gasteiger partial charge is 0.317 e. The van der Waals surface area contributed by atoms with Gasteiger partial charge in [-0.1, -0.05) is 12.1 Å². The highest BCUT2D eigenvalue weighted by molar-refractivity contribution is 5.74. The van der Waals surface area contributed by atoms with Gasteiger partial charge in [-0.2, -0.15) is 0 Å². The number of urea groups is 1.